The molecule has 0 fully saturated rings. The first-order valence-corrected chi connectivity index (χ1v) is 5.22. The standard InChI is InChI=1S/C8H11N2O2S.Y/c1-9-7-3-5-8(6-4-7)13(11,12)10-2;/h3-6,10H,1-2H3;/q-1;. The summed E-state index contributed by atoms with van der Waals surface area (Å²) in [6.07, 6.45) is 0. The average Bonchev–Trinajstić information content (AvgIpc) is 2.18. The van der Waals surface area contributed by atoms with Gasteiger partial charge < -0.3 is 5.32 Å². The number of rotatable bonds is 3. The third-order valence-electron chi connectivity index (χ3n) is 1.67. The topological polar surface area (TPSA) is 60.3 Å². The Morgan fingerprint density at radius 3 is 2.07 bits per heavy atom. The van der Waals surface area contributed by atoms with Gasteiger partial charge in [0.25, 0.3) is 0 Å². The van der Waals surface area contributed by atoms with Crippen molar-refractivity contribution in [1.82, 2.24) is 4.72 Å². The Labute approximate surface area is 109 Å². The van der Waals surface area contributed by atoms with Crippen LogP contribution in [-0.2, 0) is 42.7 Å². The number of hydrogen-bond acceptors (Lipinski definition) is 2. The summed E-state index contributed by atoms with van der Waals surface area (Å²) in [5.41, 5.74) is 0.759. The van der Waals surface area contributed by atoms with E-state index in [4.69, 9.17) is 0 Å². The number of nitrogens with one attached hydrogen (secondary N) is 1. The van der Waals surface area contributed by atoms with Crippen LogP contribution in [-0.4, -0.2) is 22.5 Å². The molecule has 4 nitrogen and oxygen atoms in total. The van der Waals surface area contributed by atoms with E-state index in [1.165, 1.54) is 19.2 Å². The van der Waals surface area contributed by atoms with Gasteiger partial charge >= 0.3 is 0 Å². The predicted octanol–water partition coefficient (Wildman–Crippen LogP) is 1.23. The first kappa shape index (κ1) is 14.0. The molecule has 1 N–H and O–H groups in total. The predicted molar refractivity (Wildman–Crippen MR) is 51.6 cm³/mol. The molecule has 0 amide bonds. The van der Waals surface area contributed by atoms with Crippen LogP contribution in [0.25, 0.3) is 5.32 Å². The van der Waals surface area contributed by atoms with Gasteiger partial charge in [-0.25, -0.2) is 13.1 Å². The van der Waals surface area contributed by atoms with E-state index in [2.05, 4.69) is 10.0 Å². The van der Waals surface area contributed by atoms with Crippen LogP contribution >= 0.6 is 0 Å². The van der Waals surface area contributed by atoms with E-state index in [1.807, 2.05) is 0 Å². The van der Waals surface area contributed by atoms with Crippen molar-refractivity contribution in [3.05, 3.63) is 29.6 Å². The zero-order valence-electron chi connectivity index (χ0n) is 8.06. The molecule has 1 aromatic rings. The summed E-state index contributed by atoms with van der Waals surface area (Å²) in [7, 11) is -0.278. The fourth-order valence-electron chi connectivity index (χ4n) is 0.892. The Morgan fingerprint density at radius 2 is 1.71 bits per heavy atom. The van der Waals surface area contributed by atoms with Gasteiger partial charge in [-0.1, -0.05) is 12.1 Å². The van der Waals surface area contributed by atoms with E-state index in [9.17, 15) is 8.42 Å². The monoisotopic (exact) mass is 288 g/mol. The zero-order valence-corrected chi connectivity index (χ0v) is 11.7. The van der Waals surface area contributed by atoms with Crippen molar-refractivity contribution >= 4 is 15.7 Å². The van der Waals surface area contributed by atoms with Crippen LogP contribution in [0.1, 0.15) is 0 Å². The maximum absolute atomic E-state index is 11.3. The van der Waals surface area contributed by atoms with Gasteiger partial charge in [-0.05, 0) is 19.2 Å². The maximum atomic E-state index is 11.3. The van der Waals surface area contributed by atoms with E-state index >= 15 is 0 Å². The van der Waals surface area contributed by atoms with E-state index in [0.29, 0.717) is 0 Å². The fraction of sp³-hybridized carbons (Fsp3) is 0.250. The van der Waals surface area contributed by atoms with Crippen LogP contribution in [0.4, 0.5) is 5.69 Å². The number of benzene rings is 1. The molecule has 1 rings (SSSR count). The molecule has 6 heteroatoms. The van der Waals surface area contributed by atoms with E-state index in [0.717, 1.165) is 5.69 Å². The van der Waals surface area contributed by atoms with Gasteiger partial charge in [-0.15, -0.1) is 12.7 Å². The Balaban J connectivity index is 0.00000169. The third kappa shape index (κ3) is 3.31. The van der Waals surface area contributed by atoms with E-state index < -0.39 is 10.0 Å². The van der Waals surface area contributed by atoms with Gasteiger partial charge in [0.05, 0.1) is 4.90 Å². The molecule has 0 aliphatic carbocycles. The molecular weight excluding hydrogens is 277 g/mol. The fourth-order valence-corrected chi connectivity index (χ4v) is 1.62. The van der Waals surface area contributed by atoms with Crippen LogP contribution in [0.5, 0.6) is 0 Å². The number of hydrogen-bond donors (Lipinski definition) is 1. The van der Waals surface area contributed by atoms with E-state index in [1.54, 1.807) is 19.2 Å². The molecule has 0 aromatic heterocycles. The van der Waals surface area contributed by atoms with Crippen molar-refractivity contribution in [2.75, 3.05) is 14.1 Å². The Kier molecular flexibility index (Phi) is 5.82. The summed E-state index contributed by atoms with van der Waals surface area (Å²) in [5.74, 6) is 0. The molecule has 75 valence electrons. The van der Waals surface area contributed by atoms with Crippen LogP contribution in [0.2, 0.25) is 0 Å². The average molecular weight is 288 g/mol. The molecule has 1 aromatic carbocycles. The molecule has 0 saturated carbocycles. The largest absolute Gasteiger partial charge is 0.687 e. The molecule has 0 aliphatic heterocycles. The molecule has 0 aliphatic rings. The first-order valence-electron chi connectivity index (χ1n) is 3.73. The molecule has 14 heavy (non-hydrogen) atoms. The van der Waals surface area contributed by atoms with Crippen molar-refractivity contribution in [2.24, 2.45) is 0 Å². The molecule has 0 atom stereocenters. The second-order valence-corrected chi connectivity index (χ2v) is 4.31. The van der Waals surface area contributed by atoms with Crippen LogP contribution in [0, 0.1) is 0 Å². The minimum atomic E-state index is -3.31. The molecular formula is C8H11N2O2SY-. The minimum Gasteiger partial charge on any atom is -0.687 e. The van der Waals surface area contributed by atoms with Gasteiger partial charge in [0.15, 0.2) is 0 Å². The smallest absolute Gasteiger partial charge is 0.240 e. The van der Waals surface area contributed by atoms with Crippen LogP contribution in [0.15, 0.2) is 29.2 Å². The molecule has 0 heterocycles. The van der Waals surface area contributed by atoms with Gasteiger partial charge in [0.2, 0.25) is 10.0 Å². The molecule has 0 bridgehead atoms. The van der Waals surface area contributed by atoms with Crippen molar-refractivity contribution in [3.8, 4) is 0 Å². The maximum Gasteiger partial charge on any atom is 0.240 e. The summed E-state index contributed by atoms with van der Waals surface area (Å²) in [4.78, 5) is 0.252. The van der Waals surface area contributed by atoms with Crippen molar-refractivity contribution < 1.29 is 41.1 Å². The van der Waals surface area contributed by atoms with E-state index in [-0.39, 0.29) is 37.6 Å². The van der Waals surface area contributed by atoms with Gasteiger partial charge in [0.1, 0.15) is 0 Å². The summed E-state index contributed by atoms with van der Waals surface area (Å²) in [6, 6.07) is 6.36. The first-order chi connectivity index (χ1) is 6.10. The van der Waals surface area contributed by atoms with Gasteiger partial charge in [-0.3, -0.25) is 0 Å². The summed E-state index contributed by atoms with van der Waals surface area (Å²) in [5, 5.41) is 3.90. The van der Waals surface area contributed by atoms with Crippen LogP contribution in [0.3, 0.4) is 0 Å². The Morgan fingerprint density at radius 1 is 1.21 bits per heavy atom. The number of nitrogens with zero attached hydrogens (tertiary/aromatic N) is 1. The Bertz CT molecular complexity index is 375. The third-order valence-corrected chi connectivity index (χ3v) is 3.10. The molecule has 0 saturated heterocycles. The zero-order chi connectivity index (χ0) is 9.90. The van der Waals surface area contributed by atoms with Gasteiger partial charge in [0, 0.05) is 32.7 Å². The summed E-state index contributed by atoms with van der Waals surface area (Å²) in [6.45, 7) is 0. The SMILES string of the molecule is C[N-]c1ccc(S(=O)(=O)NC)cc1.[Y]. The molecule has 0 unspecified atom stereocenters. The van der Waals surface area contributed by atoms with Crippen LogP contribution < -0.4 is 4.72 Å². The van der Waals surface area contributed by atoms with Crippen molar-refractivity contribution in [2.45, 2.75) is 4.90 Å². The number of sulfonamides is 1. The molecule has 0 spiro atoms. The minimum absolute atomic E-state index is 0. The second kappa shape index (κ2) is 5.80. The quantitative estimate of drug-likeness (QED) is 0.909. The second-order valence-electron chi connectivity index (χ2n) is 2.43. The molecule has 1 radical (unpaired) electrons. The van der Waals surface area contributed by atoms with Gasteiger partial charge in [-0.2, -0.15) is 0 Å². The van der Waals surface area contributed by atoms with Crippen molar-refractivity contribution in [1.29, 1.82) is 0 Å². The van der Waals surface area contributed by atoms with Crippen molar-refractivity contribution in [3.63, 3.8) is 0 Å². The summed E-state index contributed by atoms with van der Waals surface area (Å²) >= 11 is 0. The normalized spacial score (nSPS) is 10.4. The Hall–Kier alpha value is 0.0339. The summed E-state index contributed by atoms with van der Waals surface area (Å²) < 4.78 is 24.8.